The van der Waals surface area contributed by atoms with Crippen molar-refractivity contribution in [3.8, 4) is 17.1 Å². The number of nitrogens with one attached hydrogen (secondary N) is 1. The Hall–Kier alpha value is -3.88. The number of nitro benzene ring substituents is 1. The van der Waals surface area contributed by atoms with E-state index in [-0.39, 0.29) is 17.8 Å². The van der Waals surface area contributed by atoms with E-state index in [1.54, 1.807) is 18.1 Å². The number of nitrogens with zero attached hydrogens (tertiary/aromatic N) is 3. The summed E-state index contributed by atoms with van der Waals surface area (Å²) in [5.74, 6) is 1.24. The molecule has 0 unspecified atom stereocenters. The van der Waals surface area contributed by atoms with Crippen LogP contribution < -0.4 is 10.1 Å². The lowest BCUT2D eigenvalue weighted by atomic mass is 10.1. The van der Waals surface area contributed by atoms with Crippen LogP contribution in [0.3, 0.4) is 0 Å². The van der Waals surface area contributed by atoms with Crippen molar-refractivity contribution in [3.05, 3.63) is 70.4 Å². The van der Waals surface area contributed by atoms with Gasteiger partial charge in [0.15, 0.2) is 5.76 Å². The fourth-order valence-electron chi connectivity index (χ4n) is 3.15. The second kappa shape index (κ2) is 8.24. The molecule has 1 heterocycles. The normalized spacial score (nSPS) is 13.0. The van der Waals surface area contributed by atoms with E-state index in [4.69, 9.17) is 9.26 Å². The number of methoxy groups -OCH3 is 1. The van der Waals surface area contributed by atoms with Crippen molar-refractivity contribution in [2.24, 2.45) is 0 Å². The highest BCUT2D eigenvalue weighted by molar-refractivity contribution is 5.89. The molecule has 4 rings (SSSR count). The molecule has 1 N–H and O–H groups in total. The van der Waals surface area contributed by atoms with Crippen molar-refractivity contribution in [3.63, 3.8) is 0 Å². The summed E-state index contributed by atoms with van der Waals surface area (Å²) < 4.78 is 10.8. The Morgan fingerprint density at radius 2 is 2.00 bits per heavy atom. The number of nitro groups is 1. The Morgan fingerprint density at radius 1 is 1.27 bits per heavy atom. The number of anilines is 1. The Balaban J connectivity index is 1.47. The summed E-state index contributed by atoms with van der Waals surface area (Å²) in [5.41, 5.74) is 1.87. The van der Waals surface area contributed by atoms with Crippen LogP contribution in [0.15, 0.2) is 59.1 Å². The number of para-hydroxylation sites is 1. The summed E-state index contributed by atoms with van der Waals surface area (Å²) in [4.78, 5) is 24.8. The summed E-state index contributed by atoms with van der Waals surface area (Å²) in [6.07, 6.45) is 1.84. The molecule has 1 aliphatic rings. The molecule has 0 bridgehead atoms. The molecule has 9 nitrogen and oxygen atoms in total. The van der Waals surface area contributed by atoms with Crippen LogP contribution in [0.25, 0.3) is 11.3 Å². The highest BCUT2D eigenvalue weighted by Gasteiger charge is 2.33. The Bertz CT molecular complexity index is 1060. The van der Waals surface area contributed by atoms with Gasteiger partial charge in [0.25, 0.3) is 5.69 Å². The maximum absolute atomic E-state index is 12.8. The number of urea groups is 1. The molecule has 9 heteroatoms. The van der Waals surface area contributed by atoms with Gasteiger partial charge < -0.3 is 19.5 Å². The molecule has 1 fully saturated rings. The number of hydrogen-bond donors (Lipinski definition) is 1. The monoisotopic (exact) mass is 408 g/mol. The average Bonchev–Trinajstić information content (AvgIpc) is 3.49. The molecule has 0 aliphatic heterocycles. The van der Waals surface area contributed by atoms with Gasteiger partial charge in [-0.05, 0) is 37.1 Å². The summed E-state index contributed by atoms with van der Waals surface area (Å²) in [5, 5.41) is 17.7. The van der Waals surface area contributed by atoms with E-state index in [1.165, 1.54) is 24.3 Å². The van der Waals surface area contributed by atoms with E-state index in [0.29, 0.717) is 29.4 Å². The highest BCUT2D eigenvalue weighted by Crippen LogP contribution is 2.32. The van der Waals surface area contributed by atoms with E-state index in [2.05, 4.69) is 10.5 Å². The standard InChI is InChI=1S/C21H20N4O5/c1-29-19-5-3-2-4-18(19)20-12-15(23-30-20)13-24(16-10-11-16)21(26)22-14-6-8-17(9-7-14)25(27)28/h2-9,12,16H,10-11,13H2,1H3,(H,22,26). The number of aromatic nitrogens is 1. The zero-order valence-corrected chi connectivity index (χ0v) is 16.3. The van der Waals surface area contributed by atoms with Crippen LogP contribution in [0.1, 0.15) is 18.5 Å². The zero-order chi connectivity index (χ0) is 21.1. The van der Waals surface area contributed by atoms with Gasteiger partial charge in [-0.1, -0.05) is 17.3 Å². The lowest BCUT2D eigenvalue weighted by molar-refractivity contribution is -0.384. The minimum Gasteiger partial charge on any atom is -0.496 e. The van der Waals surface area contributed by atoms with Gasteiger partial charge >= 0.3 is 6.03 Å². The van der Waals surface area contributed by atoms with E-state index < -0.39 is 4.92 Å². The maximum Gasteiger partial charge on any atom is 0.322 e. The van der Waals surface area contributed by atoms with Gasteiger partial charge in [0.05, 0.1) is 24.1 Å². The van der Waals surface area contributed by atoms with E-state index in [9.17, 15) is 14.9 Å². The fourth-order valence-corrected chi connectivity index (χ4v) is 3.15. The Labute approximate surface area is 172 Å². The van der Waals surface area contributed by atoms with Crippen molar-refractivity contribution in [2.75, 3.05) is 12.4 Å². The predicted octanol–water partition coefficient (Wildman–Crippen LogP) is 4.45. The number of non-ortho nitro benzene ring substituents is 1. The van der Waals surface area contributed by atoms with Gasteiger partial charge in [0, 0.05) is 29.9 Å². The zero-order valence-electron chi connectivity index (χ0n) is 16.3. The molecule has 0 saturated heterocycles. The second-order valence-corrected chi connectivity index (χ2v) is 6.98. The van der Waals surface area contributed by atoms with Gasteiger partial charge in [0.1, 0.15) is 11.4 Å². The average molecular weight is 408 g/mol. The second-order valence-electron chi connectivity index (χ2n) is 6.98. The van der Waals surface area contributed by atoms with Crippen molar-refractivity contribution >= 4 is 17.4 Å². The van der Waals surface area contributed by atoms with Gasteiger partial charge in [-0.25, -0.2) is 4.79 Å². The summed E-state index contributed by atoms with van der Waals surface area (Å²) >= 11 is 0. The van der Waals surface area contributed by atoms with Crippen molar-refractivity contribution in [1.82, 2.24) is 10.1 Å². The number of rotatable bonds is 7. The predicted molar refractivity (Wildman–Crippen MR) is 109 cm³/mol. The van der Waals surface area contributed by atoms with Gasteiger partial charge in [0.2, 0.25) is 0 Å². The molecule has 154 valence electrons. The third-order valence-electron chi connectivity index (χ3n) is 4.84. The van der Waals surface area contributed by atoms with Crippen LogP contribution >= 0.6 is 0 Å². The topological polar surface area (TPSA) is 111 Å². The summed E-state index contributed by atoms with van der Waals surface area (Å²) in [6, 6.07) is 14.9. The van der Waals surface area contributed by atoms with Gasteiger partial charge in [-0.3, -0.25) is 10.1 Å². The van der Waals surface area contributed by atoms with Crippen LogP contribution in [0.2, 0.25) is 0 Å². The van der Waals surface area contributed by atoms with Crippen LogP contribution in [0.5, 0.6) is 5.75 Å². The van der Waals surface area contributed by atoms with E-state index in [0.717, 1.165) is 18.4 Å². The first kappa shape index (κ1) is 19.4. The first-order chi connectivity index (χ1) is 14.5. The molecule has 2 aromatic carbocycles. The Morgan fingerprint density at radius 3 is 2.67 bits per heavy atom. The molecule has 1 saturated carbocycles. The van der Waals surface area contributed by atoms with Crippen LogP contribution in [0, 0.1) is 10.1 Å². The van der Waals surface area contributed by atoms with Gasteiger partial charge in [-0.15, -0.1) is 0 Å². The van der Waals surface area contributed by atoms with Crippen LogP contribution in [-0.4, -0.2) is 34.2 Å². The van der Waals surface area contributed by atoms with Crippen molar-refractivity contribution in [1.29, 1.82) is 0 Å². The number of ether oxygens (including phenoxy) is 1. The third-order valence-corrected chi connectivity index (χ3v) is 4.84. The molecular formula is C21H20N4O5. The minimum absolute atomic E-state index is 0.0292. The van der Waals surface area contributed by atoms with E-state index in [1.807, 2.05) is 24.3 Å². The number of carbonyl (C=O) groups is 1. The first-order valence-electron chi connectivity index (χ1n) is 9.46. The maximum atomic E-state index is 12.8. The molecule has 0 spiro atoms. The highest BCUT2D eigenvalue weighted by atomic mass is 16.6. The van der Waals surface area contributed by atoms with Crippen LogP contribution in [-0.2, 0) is 6.54 Å². The largest absolute Gasteiger partial charge is 0.496 e. The SMILES string of the molecule is COc1ccccc1-c1cc(CN(C(=O)Nc2ccc([N+](=O)[O-])cc2)C2CC2)no1. The summed E-state index contributed by atoms with van der Waals surface area (Å²) in [7, 11) is 1.59. The number of amides is 2. The minimum atomic E-state index is -0.480. The van der Waals surface area contributed by atoms with E-state index >= 15 is 0 Å². The van der Waals surface area contributed by atoms with Crippen molar-refractivity contribution in [2.45, 2.75) is 25.4 Å². The molecule has 3 aromatic rings. The smallest absolute Gasteiger partial charge is 0.322 e. The lowest BCUT2D eigenvalue weighted by Gasteiger charge is -2.21. The first-order valence-corrected chi connectivity index (χ1v) is 9.46. The molecule has 0 atom stereocenters. The fraction of sp³-hybridized carbons (Fsp3) is 0.238. The molecule has 0 radical (unpaired) electrons. The Kier molecular flexibility index (Phi) is 5.34. The number of benzene rings is 2. The quantitative estimate of drug-likeness (QED) is 0.457. The number of hydrogen-bond acceptors (Lipinski definition) is 6. The summed E-state index contributed by atoms with van der Waals surface area (Å²) in [6.45, 7) is 0.294. The molecule has 1 aromatic heterocycles. The lowest BCUT2D eigenvalue weighted by Crippen LogP contribution is -2.36. The van der Waals surface area contributed by atoms with Crippen molar-refractivity contribution < 1.29 is 19.0 Å². The molecular weight excluding hydrogens is 388 g/mol. The molecule has 30 heavy (non-hydrogen) atoms. The molecule has 2 amide bonds. The van der Waals surface area contributed by atoms with Crippen LogP contribution in [0.4, 0.5) is 16.2 Å². The third kappa shape index (κ3) is 4.24. The van der Waals surface area contributed by atoms with Gasteiger partial charge in [-0.2, -0.15) is 0 Å². The number of carbonyl (C=O) groups excluding carboxylic acids is 1. The molecule has 1 aliphatic carbocycles.